The van der Waals surface area contributed by atoms with E-state index in [2.05, 4.69) is 4.74 Å². The predicted molar refractivity (Wildman–Crippen MR) is 68.3 cm³/mol. The molecule has 8 nitrogen and oxygen atoms in total. The van der Waals surface area contributed by atoms with E-state index in [1.807, 2.05) is 0 Å². The van der Waals surface area contributed by atoms with Gasteiger partial charge in [0, 0.05) is 6.07 Å². The molecular weight excluding hydrogens is 270 g/mol. The summed E-state index contributed by atoms with van der Waals surface area (Å²) in [5.74, 6) is -0.253. The Morgan fingerprint density at radius 2 is 1.80 bits per heavy atom. The number of carbonyl (C=O) groups is 1. The molecule has 0 atom stereocenters. The first-order valence-corrected chi connectivity index (χ1v) is 5.72. The zero-order valence-electron chi connectivity index (χ0n) is 11.4. The summed E-state index contributed by atoms with van der Waals surface area (Å²) in [5.41, 5.74) is -0.327. The highest BCUT2D eigenvalue weighted by molar-refractivity contribution is 5.71. The van der Waals surface area contributed by atoms with E-state index in [-0.39, 0.29) is 29.5 Å². The molecule has 0 heterocycles. The van der Waals surface area contributed by atoms with Crippen molar-refractivity contribution in [3.63, 3.8) is 0 Å². The summed E-state index contributed by atoms with van der Waals surface area (Å²) in [4.78, 5) is 21.5. The maximum Gasteiger partial charge on any atom is 0.344 e. The van der Waals surface area contributed by atoms with Gasteiger partial charge in [-0.15, -0.1) is 0 Å². The molecule has 0 unspecified atom stereocenters. The van der Waals surface area contributed by atoms with Gasteiger partial charge in [-0.05, 0) is 6.92 Å². The molecule has 1 aromatic carbocycles. The molecule has 0 radical (unpaired) electrons. The van der Waals surface area contributed by atoms with Gasteiger partial charge in [0.25, 0.3) is 0 Å². The third-order valence-electron chi connectivity index (χ3n) is 2.31. The van der Waals surface area contributed by atoms with Gasteiger partial charge in [-0.25, -0.2) is 4.79 Å². The maximum absolute atomic E-state index is 11.2. The van der Waals surface area contributed by atoms with Crippen LogP contribution in [0.4, 0.5) is 5.69 Å². The average molecular weight is 285 g/mol. The number of methoxy groups -OCH3 is 2. The van der Waals surface area contributed by atoms with E-state index in [0.29, 0.717) is 0 Å². The zero-order valence-corrected chi connectivity index (χ0v) is 11.4. The largest absolute Gasteiger partial charge is 0.493 e. The van der Waals surface area contributed by atoms with Crippen molar-refractivity contribution in [2.75, 3.05) is 27.4 Å². The standard InChI is InChI=1S/C12H15NO7/c1-4-19-12(14)7-20-9-6-11(18-3)10(17-2)5-8(9)13(15)16/h5-6H,4,7H2,1-3H3. The highest BCUT2D eigenvalue weighted by atomic mass is 16.6. The van der Waals surface area contributed by atoms with Crippen molar-refractivity contribution in [2.45, 2.75) is 6.92 Å². The highest BCUT2D eigenvalue weighted by Crippen LogP contribution is 2.39. The molecule has 0 N–H and O–H groups in total. The number of rotatable bonds is 7. The molecule has 0 fully saturated rings. The number of nitro groups is 1. The molecule has 0 bridgehead atoms. The fourth-order valence-electron chi connectivity index (χ4n) is 1.45. The first-order chi connectivity index (χ1) is 9.53. The van der Waals surface area contributed by atoms with Crippen LogP contribution in [0, 0.1) is 10.1 Å². The van der Waals surface area contributed by atoms with Gasteiger partial charge in [-0.2, -0.15) is 0 Å². The second-order valence-electron chi connectivity index (χ2n) is 3.53. The van der Waals surface area contributed by atoms with Crippen LogP contribution in [-0.4, -0.2) is 38.3 Å². The predicted octanol–water partition coefficient (Wildman–Crippen LogP) is 1.55. The molecule has 8 heteroatoms. The second kappa shape index (κ2) is 7.17. The number of nitrogens with zero attached hydrogens (tertiary/aromatic N) is 1. The smallest absolute Gasteiger partial charge is 0.344 e. The van der Waals surface area contributed by atoms with Crippen LogP contribution in [0.15, 0.2) is 12.1 Å². The Balaban J connectivity index is 3.03. The third-order valence-corrected chi connectivity index (χ3v) is 2.31. The molecule has 0 spiro atoms. The summed E-state index contributed by atoms with van der Waals surface area (Å²) in [6.07, 6.45) is 0. The third kappa shape index (κ3) is 3.74. The molecule has 110 valence electrons. The quantitative estimate of drug-likeness (QED) is 0.426. The number of benzene rings is 1. The molecule has 0 saturated carbocycles. The Kier molecular flexibility index (Phi) is 5.57. The minimum absolute atomic E-state index is 0.0966. The normalized spacial score (nSPS) is 9.75. The van der Waals surface area contributed by atoms with Crippen LogP contribution < -0.4 is 14.2 Å². The van der Waals surface area contributed by atoms with Gasteiger partial charge in [0.2, 0.25) is 5.75 Å². The summed E-state index contributed by atoms with van der Waals surface area (Å²) in [5, 5.41) is 11.0. The molecule has 20 heavy (non-hydrogen) atoms. The van der Waals surface area contributed by atoms with Crippen LogP contribution in [-0.2, 0) is 9.53 Å². The lowest BCUT2D eigenvalue weighted by atomic mass is 10.2. The number of esters is 1. The summed E-state index contributed by atoms with van der Waals surface area (Å²) in [6.45, 7) is 1.43. The van der Waals surface area contributed by atoms with E-state index in [1.54, 1.807) is 6.92 Å². The van der Waals surface area contributed by atoms with Gasteiger partial charge in [-0.1, -0.05) is 0 Å². The minimum atomic E-state index is -0.636. The van der Waals surface area contributed by atoms with Crippen LogP contribution in [0.2, 0.25) is 0 Å². The first kappa shape index (κ1) is 15.5. The minimum Gasteiger partial charge on any atom is -0.493 e. The zero-order chi connectivity index (χ0) is 15.1. The summed E-state index contributed by atoms with van der Waals surface area (Å²) in [7, 11) is 2.75. The van der Waals surface area contributed by atoms with E-state index in [4.69, 9.17) is 14.2 Å². The van der Waals surface area contributed by atoms with E-state index >= 15 is 0 Å². The lowest BCUT2D eigenvalue weighted by Crippen LogP contribution is -2.15. The Morgan fingerprint density at radius 3 is 2.30 bits per heavy atom. The van der Waals surface area contributed by atoms with E-state index < -0.39 is 17.5 Å². The monoisotopic (exact) mass is 285 g/mol. The molecule has 0 saturated heterocycles. The second-order valence-corrected chi connectivity index (χ2v) is 3.53. The molecule has 0 aliphatic carbocycles. The van der Waals surface area contributed by atoms with Crippen LogP contribution in [0.25, 0.3) is 0 Å². The number of hydrogen-bond donors (Lipinski definition) is 0. The SMILES string of the molecule is CCOC(=O)COc1cc(OC)c(OC)cc1[N+](=O)[O-]. The van der Waals surface area contributed by atoms with Crippen LogP contribution >= 0.6 is 0 Å². The van der Waals surface area contributed by atoms with Crippen LogP contribution in [0.1, 0.15) is 6.92 Å². The van der Waals surface area contributed by atoms with Gasteiger partial charge < -0.3 is 18.9 Å². The molecule has 0 amide bonds. The number of nitro benzene ring substituents is 1. The van der Waals surface area contributed by atoms with E-state index in [9.17, 15) is 14.9 Å². The van der Waals surface area contributed by atoms with Gasteiger partial charge in [-0.3, -0.25) is 10.1 Å². The number of carbonyl (C=O) groups excluding carboxylic acids is 1. The van der Waals surface area contributed by atoms with Crippen molar-refractivity contribution < 1.29 is 28.7 Å². The van der Waals surface area contributed by atoms with Crippen molar-refractivity contribution in [2.24, 2.45) is 0 Å². The van der Waals surface area contributed by atoms with Crippen LogP contribution in [0.3, 0.4) is 0 Å². The molecule has 0 aromatic heterocycles. The first-order valence-electron chi connectivity index (χ1n) is 5.72. The van der Waals surface area contributed by atoms with Crippen LogP contribution in [0.5, 0.6) is 17.2 Å². The van der Waals surface area contributed by atoms with E-state index in [0.717, 1.165) is 0 Å². The lowest BCUT2D eigenvalue weighted by molar-refractivity contribution is -0.385. The number of hydrogen-bond acceptors (Lipinski definition) is 7. The highest BCUT2D eigenvalue weighted by Gasteiger charge is 2.21. The molecule has 0 aliphatic heterocycles. The van der Waals surface area contributed by atoms with Gasteiger partial charge in [0.15, 0.2) is 18.1 Å². The average Bonchev–Trinajstić information content (AvgIpc) is 2.44. The fraction of sp³-hybridized carbons (Fsp3) is 0.417. The van der Waals surface area contributed by atoms with Gasteiger partial charge in [0.1, 0.15) is 0 Å². The lowest BCUT2D eigenvalue weighted by Gasteiger charge is -2.11. The van der Waals surface area contributed by atoms with Crippen molar-refractivity contribution in [1.29, 1.82) is 0 Å². The number of ether oxygens (including phenoxy) is 4. The Bertz CT molecular complexity index is 501. The topological polar surface area (TPSA) is 97.1 Å². The fourth-order valence-corrected chi connectivity index (χ4v) is 1.45. The Hall–Kier alpha value is -2.51. The summed E-state index contributed by atoms with van der Waals surface area (Å²) in [6, 6.07) is 2.45. The van der Waals surface area contributed by atoms with E-state index in [1.165, 1.54) is 26.4 Å². The van der Waals surface area contributed by atoms with Crippen molar-refractivity contribution in [3.05, 3.63) is 22.2 Å². The molecule has 1 rings (SSSR count). The maximum atomic E-state index is 11.2. The Morgan fingerprint density at radius 1 is 1.20 bits per heavy atom. The Labute approximate surface area is 115 Å². The summed E-state index contributed by atoms with van der Waals surface area (Å²) < 4.78 is 19.8. The van der Waals surface area contributed by atoms with Crippen molar-refractivity contribution >= 4 is 11.7 Å². The van der Waals surface area contributed by atoms with Crippen molar-refractivity contribution in [1.82, 2.24) is 0 Å². The van der Waals surface area contributed by atoms with Gasteiger partial charge >= 0.3 is 11.7 Å². The molecule has 1 aromatic rings. The van der Waals surface area contributed by atoms with Gasteiger partial charge in [0.05, 0.1) is 31.8 Å². The van der Waals surface area contributed by atoms with Crippen molar-refractivity contribution in [3.8, 4) is 17.2 Å². The summed E-state index contributed by atoms with van der Waals surface area (Å²) >= 11 is 0. The molecule has 0 aliphatic rings. The molecular formula is C12H15NO7.